The Bertz CT molecular complexity index is 437. The maximum absolute atomic E-state index is 13.3. The maximum Gasteiger partial charge on any atom is 0.167 e. The zero-order valence-electron chi connectivity index (χ0n) is 8.57. The minimum atomic E-state index is -1.63. The molecule has 0 aliphatic carbocycles. The van der Waals surface area contributed by atoms with Crippen molar-refractivity contribution in [1.82, 2.24) is 0 Å². The van der Waals surface area contributed by atoms with E-state index in [0.29, 0.717) is 0 Å². The van der Waals surface area contributed by atoms with Crippen LogP contribution in [0.5, 0.6) is 0 Å². The van der Waals surface area contributed by atoms with E-state index in [9.17, 15) is 17.6 Å². The van der Waals surface area contributed by atoms with Gasteiger partial charge in [-0.3, -0.25) is 0 Å². The van der Waals surface area contributed by atoms with Gasteiger partial charge in [-0.05, 0) is 0 Å². The molecular weight excluding hydrogens is 240 g/mol. The van der Waals surface area contributed by atoms with E-state index in [0.717, 1.165) is 0 Å². The number of terminal acetylenes is 1. The van der Waals surface area contributed by atoms with E-state index in [-0.39, 0.29) is 6.61 Å². The molecule has 0 spiro atoms. The first-order valence-corrected chi connectivity index (χ1v) is 4.50. The lowest BCUT2D eigenvalue weighted by molar-refractivity contribution is 0.145. The molecular formula is C11H8F4O2. The van der Waals surface area contributed by atoms with Gasteiger partial charge in [-0.1, -0.05) is 5.92 Å². The summed E-state index contributed by atoms with van der Waals surface area (Å²) in [6.07, 6.45) is 4.83. The SMILES string of the molecule is C#CCOCc1c(F)c(F)c(CO)c(F)c1F. The van der Waals surface area contributed by atoms with Crippen molar-refractivity contribution >= 4 is 0 Å². The zero-order chi connectivity index (χ0) is 13.0. The Morgan fingerprint density at radius 2 is 1.47 bits per heavy atom. The molecule has 0 aromatic heterocycles. The Morgan fingerprint density at radius 1 is 1.00 bits per heavy atom. The van der Waals surface area contributed by atoms with Crippen LogP contribution in [0.1, 0.15) is 11.1 Å². The predicted octanol–water partition coefficient (Wildman–Crippen LogP) is 1.89. The van der Waals surface area contributed by atoms with Gasteiger partial charge in [0.2, 0.25) is 0 Å². The first kappa shape index (κ1) is 13.5. The lowest BCUT2D eigenvalue weighted by Crippen LogP contribution is -2.10. The second kappa shape index (κ2) is 5.66. The van der Waals surface area contributed by atoms with Crippen molar-refractivity contribution < 1.29 is 27.4 Å². The molecule has 1 rings (SSSR count). The van der Waals surface area contributed by atoms with Gasteiger partial charge < -0.3 is 9.84 Å². The van der Waals surface area contributed by atoms with Crippen LogP contribution in [0.3, 0.4) is 0 Å². The van der Waals surface area contributed by atoms with Crippen molar-refractivity contribution in [3.63, 3.8) is 0 Å². The summed E-state index contributed by atoms with van der Waals surface area (Å²) in [6, 6.07) is 0. The van der Waals surface area contributed by atoms with Crippen LogP contribution in [0.15, 0.2) is 0 Å². The van der Waals surface area contributed by atoms with Crippen LogP contribution in [-0.2, 0) is 18.0 Å². The molecule has 0 radical (unpaired) electrons. The highest BCUT2D eigenvalue weighted by atomic mass is 19.2. The van der Waals surface area contributed by atoms with Crippen LogP contribution in [0.2, 0.25) is 0 Å². The van der Waals surface area contributed by atoms with Crippen LogP contribution < -0.4 is 0 Å². The molecule has 0 amide bonds. The summed E-state index contributed by atoms with van der Waals surface area (Å²) in [4.78, 5) is 0. The molecule has 0 heterocycles. The number of ether oxygens (including phenoxy) is 1. The summed E-state index contributed by atoms with van der Waals surface area (Å²) in [5.41, 5.74) is -1.95. The molecule has 0 aliphatic rings. The van der Waals surface area contributed by atoms with Gasteiger partial charge in [0.25, 0.3) is 0 Å². The summed E-state index contributed by atoms with van der Waals surface area (Å²) in [5.74, 6) is -4.42. The molecule has 6 heteroatoms. The smallest absolute Gasteiger partial charge is 0.167 e. The largest absolute Gasteiger partial charge is 0.391 e. The highest BCUT2D eigenvalue weighted by molar-refractivity contribution is 5.29. The molecule has 1 aromatic carbocycles. The lowest BCUT2D eigenvalue weighted by Gasteiger charge is -2.10. The number of halogens is 4. The van der Waals surface area contributed by atoms with Crippen molar-refractivity contribution in [3.8, 4) is 12.3 Å². The number of rotatable bonds is 4. The van der Waals surface area contributed by atoms with Gasteiger partial charge in [-0.2, -0.15) is 0 Å². The van der Waals surface area contributed by atoms with Crippen molar-refractivity contribution in [3.05, 3.63) is 34.4 Å². The number of hydrogen-bond donors (Lipinski definition) is 1. The normalized spacial score (nSPS) is 10.4. The third-order valence-electron chi connectivity index (χ3n) is 2.04. The molecule has 0 atom stereocenters. The van der Waals surface area contributed by atoms with E-state index < -0.39 is 47.6 Å². The summed E-state index contributed by atoms with van der Waals surface area (Å²) < 4.78 is 57.5. The van der Waals surface area contributed by atoms with Gasteiger partial charge in [0.05, 0.1) is 24.3 Å². The monoisotopic (exact) mass is 248 g/mol. The van der Waals surface area contributed by atoms with Crippen LogP contribution >= 0.6 is 0 Å². The van der Waals surface area contributed by atoms with E-state index in [1.165, 1.54) is 0 Å². The minimum absolute atomic E-state index is 0.246. The fraction of sp³-hybridized carbons (Fsp3) is 0.273. The van der Waals surface area contributed by atoms with Gasteiger partial charge in [0.15, 0.2) is 23.3 Å². The van der Waals surface area contributed by atoms with Crippen molar-refractivity contribution in [2.45, 2.75) is 13.2 Å². The zero-order valence-corrected chi connectivity index (χ0v) is 8.57. The van der Waals surface area contributed by atoms with Crippen molar-refractivity contribution in [2.24, 2.45) is 0 Å². The first-order valence-electron chi connectivity index (χ1n) is 4.50. The average Bonchev–Trinajstić information content (AvgIpc) is 2.32. The standard InChI is InChI=1S/C11H8F4O2/c1-2-3-17-5-7-10(14)8(12)6(4-16)9(13)11(7)15/h1,16H,3-5H2. The number of aliphatic hydroxyl groups excluding tert-OH is 1. The molecule has 0 saturated carbocycles. The Kier molecular flexibility index (Phi) is 4.49. The molecule has 92 valence electrons. The Balaban J connectivity index is 3.19. The summed E-state index contributed by atoms with van der Waals surface area (Å²) in [6.45, 7) is -2.08. The van der Waals surface area contributed by atoms with E-state index in [4.69, 9.17) is 11.5 Å². The summed E-state index contributed by atoms with van der Waals surface area (Å²) in [7, 11) is 0. The van der Waals surface area contributed by atoms with Crippen LogP contribution in [0, 0.1) is 35.6 Å². The molecule has 2 nitrogen and oxygen atoms in total. The predicted molar refractivity (Wildman–Crippen MR) is 50.7 cm³/mol. The molecule has 17 heavy (non-hydrogen) atoms. The maximum atomic E-state index is 13.3. The molecule has 0 fully saturated rings. The topological polar surface area (TPSA) is 29.5 Å². The number of hydrogen-bond acceptors (Lipinski definition) is 2. The van der Waals surface area contributed by atoms with E-state index >= 15 is 0 Å². The van der Waals surface area contributed by atoms with Gasteiger partial charge >= 0.3 is 0 Å². The van der Waals surface area contributed by atoms with Gasteiger partial charge in [-0.25, -0.2) is 17.6 Å². The minimum Gasteiger partial charge on any atom is -0.391 e. The van der Waals surface area contributed by atoms with E-state index in [1.54, 1.807) is 0 Å². The van der Waals surface area contributed by atoms with Gasteiger partial charge in [0.1, 0.15) is 6.61 Å². The third-order valence-corrected chi connectivity index (χ3v) is 2.04. The molecule has 0 saturated heterocycles. The third kappa shape index (κ3) is 2.57. The molecule has 0 aliphatic heterocycles. The quantitative estimate of drug-likeness (QED) is 0.381. The van der Waals surface area contributed by atoms with Crippen molar-refractivity contribution in [2.75, 3.05) is 6.61 Å². The second-order valence-corrected chi connectivity index (χ2v) is 3.07. The van der Waals surface area contributed by atoms with Crippen LogP contribution in [-0.4, -0.2) is 11.7 Å². The summed E-state index contributed by atoms with van der Waals surface area (Å²) >= 11 is 0. The molecule has 0 bridgehead atoms. The average molecular weight is 248 g/mol. The van der Waals surface area contributed by atoms with Crippen LogP contribution in [0.4, 0.5) is 17.6 Å². The lowest BCUT2D eigenvalue weighted by atomic mass is 10.1. The number of aliphatic hydroxyl groups is 1. The van der Waals surface area contributed by atoms with Crippen LogP contribution in [0.25, 0.3) is 0 Å². The number of benzene rings is 1. The Labute approximate surface area is 94.8 Å². The van der Waals surface area contributed by atoms with E-state index in [1.807, 2.05) is 5.92 Å². The fourth-order valence-electron chi connectivity index (χ4n) is 1.20. The highest BCUT2D eigenvalue weighted by Gasteiger charge is 2.24. The Hall–Kier alpha value is -1.58. The highest BCUT2D eigenvalue weighted by Crippen LogP contribution is 2.24. The molecule has 1 N–H and O–H groups in total. The Morgan fingerprint density at radius 3 is 1.88 bits per heavy atom. The van der Waals surface area contributed by atoms with Crippen molar-refractivity contribution in [1.29, 1.82) is 0 Å². The fourth-order valence-corrected chi connectivity index (χ4v) is 1.20. The molecule has 0 unspecified atom stereocenters. The van der Waals surface area contributed by atoms with Gasteiger partial charge in [0, 0.05) is 0 Å². The first-order chi connectivity index (χ1) is 8.04. The summed E-state index contributed by atoms with van der Waals surface area (Å²) in [5, 5.41) is 8.58. The molecule has 1 aromatic rings. The second-order valence-electron chi connectivity index (χ2n) is 3.07. The van der Waals surface area contributed by atoms with Gasteiger partial charge in [-0.15, -0.1) is 6.42 Å². The van der Waals surface area contributed by atoms with E-state index in [2.05, 4.69) is 4.74 Å².